The van der Waals surface area contributed by atoms with E-state index in [1.165, 1.54) is 36.4 Å². The maximum atomic E-state index is 14.3. The van der Waals surface area contributed by atoms with Gasteiger partial charge in [0.15, 0.2) is 5.76 Å². The number of allylic oxidation sites excluding steroid dienone is 1. The van der Waals surface area contributed by atoms with Gasteiger partial charge in [0.1, 0.15) is 17.3 Å². The summed E-state index contributed by atoms with van der Waals surface area (Å²) in [6.45, 7) is 0. The van der Waals surface area contributed by atoms with Crippen LogP contribution in [0.1, 0.15) is 39.4 Å². The topological polar surface area (TPSA) is 85.5 Å². The van der Waals surface area contributed by atoms with E-state index in [4.69, 9.17) is 21.1 Å². The second-order valence-corrected chi connectivity index (χ2v) is 8.71. The molecule has 8 heteroatoms. The van der Waals surface area contributed by atoms with Crippen molar-refractivity contribution in [1.82, 2.24) is 4.98 Å². The van der Waals surface area contributed by atoms with Gasteiger partial charge in [-0.1, -0.05) is 35.9 Å². The molecule has 6 nitrogen and oxygen atoms in total. The van der Waals surface area contributed by atoms with E-state index in [1.54, 1.807) is 12.1 Å². The highest BCUT2D eigenvalue weighted by molar-refractivity contribution is 6.32. The molecule has 1 atom stereocenters. The molecule has 0 saturated carbocycles. The zero-order chi connectivity index (χ0) is 24.3. The van der Waals surface area contributed by atoms with E-state index >= 15 is 0 Å². The third-order valence-electron chi connectivity index (χ3n) is 6.21. The number of carbonyl (C=O) groups is 2. The Morgan fingerprint density at radius 1 is 1.00 bits per heavy atom. The molecule has 1 N–H and O–H groups in total. The van der Waals surface area contributed by atoms with Gasteiger partial charge in [0.05, 0.1) is 17.0 Å². The van der Waals surface area contributed by atoms with Gasteiger partial charge in [-0.3, -0.25) is 14.4 Å². The molecule has 0 bridgehead atoms. The summed E-state index contributed by atoms with van der Waals surface area (Å²) < 4.78 is 25.7. The molecule has 1 unspecified atom stereocenters. The summed E-state index contributed by atoms with van der Waals surface area (Å²) in [4.78, 5) is 41.4. The van der Waals surface area contributed by atoms with Crippen molar-refractivity contribution in [2.45, 2.75) is 12.3 Å². The van der Waals surface area contributed by atoms with Crippen LogP contribution < -0.4 is 15.0 Å². The largest absolute Gasteiger partial charge is 0.452 e. The number of ketones is 1. The normalized spacial score (nSPS) is 17.8. The van der Waals surface area contributed by atoms with Gasteiger partial charge in [-0.05, 0) is 47.9 Å². The lowest BCUT2D eigenvalue weighted by Crippen LogP contribution is -2.26. The van der Waals surface area contributed by atoms with Gasteiger partial charge in [-0.15, -0.1) is 0 Å². The number of benzene rings is 3. The highest BCUT2D eigenvalue weighted by Gasteiger charge is 2.39. The third kappa shape index (κ3) is 3.43. The van der Waals surface area contributed by atoms with E-state index in [-0.39, 0.29) is 45.4 Å². The number of hydrogen-bond acceptors (Lipinski definition) is 5. The van der Waals surface area contributed by atoms with Gasteiger partial charge < -0.3 is 14.5 Å². The first-order valence-electron chi connectivity index (χ1n) is 10.8. The zero-order valence-electron chi connectivity index (χ0n) is 17.9. The average Bonchev–Trinajstić information content (AvgIpc) is 3.15. The van der Waals surface area contributed by atoms with E-state index in [0.717, 1.165) is 5.39 Å². The second kappa shape index (κ2) is 7.92. The fraction of sp³-hybridized carbons (Fsp3) is 0.0741. The van der Waals surface area contributed by atoms with E-state index in [2.05, 4.69) is 4.98 Å². The van der Waals surface area contributed by atoms with Crippen LogP contribution in [0.5, 0.6) is 11.5 Å². The maximum Gasteiger partial charge on any atom is 0.312 e. The lowest BCUT2D eigenvalue weighted by molar-refractivity contribution is -0.135. The molecule has 4 aromatic rings. The summed E-state index contributed by atoms with van der Waals surface area (Å²) in [6.07, 6.45) is 1.14. The summed E-state index contributed by atoms with van der Waals surface area (Å²) in [5, 5.41) is 0.920. The fourth-order valence-corrected chi connectivity index (χ4v) is 4.79. The van der Waals surface area contributed by atoms with Crippen LogP contribution >= 0.6 is 11.6 Å². The van der Waals surface area contributed by atoms with E-state index in [9.17, 15) is 18.8 Å². The van der Waals surface area contributed by atoms with Crippen LogP contribution in [0.15, 0.2) is 71.2 Å². The van der Waals surface area contributed by atoms with E-state index < -0.39 is 23.5 Å². The molecule has 0 saturated heterocycles. The molecule has 0 amide bonds. The Balaban J connectivity index is 1.52. The number of hydrogen-bond donors (Lipinski definition) is 1. The standard InChI is InChI=1S/C27H15ClFNO5/c28-18-5-3-6-19(29)17(18)11-22-25(32)14-8-9-21-24(26(14)35-22)15(12-23(31)34-21)16-10-13-4-1-2-7-20(13)30-27(16)33/h1-11,15H,12H2,(H,30,33)/b22-11-. The van der Waals surface area contributed by atoms with Crippen LogP contribution in [0.25, 0.3) is 17.0 Å². The fourth-order valence-electron chi connectivity index (χ4n) is 4.57. The minimum absolute atomic E-state index is 0.0214. The van der Waals surface area contributed by atoms with Gasteiger partial charge in [0, 0.05) is 28.1 Å². The first-order chi connectivity index (χ1) is 16.9. The Labute approximate surface area is 202 Å². The third-order valence-corrected chi connectivity index (χ3v) is 6.54. The number of carbonyl (C=O) groups excluding carboxylic acids is 2. The number of nitrogens with one attached hydrogen (secondary N) is 1. The summed E-state index contributed by atoms with van der Waals surface area (Å²) in [5.74, 6) is -2.03. The van der Waals surface area contributed by atoms with Crippen LogP contribution in [0.3, 0.4) is 0 Å². The summed E-state index contributed by atoms with van der Waals surface area (Å²) in [7, 11) is 0. The number of pyridine rings is 1. The van der Waals surface area contributed by atoms with Crippen molar-refractivity contribution in [3.63, 3.8) is 0 Å². The Hall–Kier alpha value is -4.23. The predicted octanol–water partition coefficient (Wildman–Crippen LogP) is 5.38. The number of aromatic amines is 1. The molecule has 2 aliphatic rings. The quantitative estimate of drug-likeness (QED) is 0.233. The lowest BCUT2D eigenvalue weighted by Gasteiger charge is -2.26. The number of Topliss-reactive ketones (excluding diaryl/α,β-unsaturated/α-hetero) is 1. The zero-order valence-corrected chi connectivity index (χ0v) is 18.7. The smallest absolute Gasteiger partial charge is 0.312 e. The first-order valence-corrected chi connectivity index (χ1v) is 11.2. The SMILES string of the molecule is O=C1CC(c2cc3ccccc3[nH]c2=O)c2c(ccc3c2O/C(=C\c2c(F)cccc2Cl)C3=O)O1. The number of halogens is 2. The van der Waals surface area contributed by atoms with E-state index in [1.807, 2.05) is 18.2 Å². The highest BCUT2D eigenvalue weighted by atomic mass is 35.5. The number of H-pyrrole nitrogens is 1. The molecule has 2 aliphatic heterocycles. The molecule has 172 valence electrons. The molecule has 0 spiro atoms. The molecule has 0 fully saturated rings. The summed E-state index contributed by atoms with van der Waals surface area (Å²) >= 11 is 6.12. The van der Waals surface area contributed by atoms with Crippen molar-refractivity contribution in [1.29, 1.82) is 0 Å². The van der Waals surface area contributed by atoms with Crippen molar-refractivity contribution in [2.24, 2.45) is 0 Å². The number of ether oxygens (including phenoxy) is 2. The highest BCUT2D eigenvalue weighted by Crippen LogP contribution is 2.48. The van der Waals surface area contributed by atoms with Crippen LogP contribution in [0.2, 0.25) is 5.02 Å². The van der Waals surface area contributed by atoms with Crippen LogP contribution in [0.4, 0.5) is 4.39 Å². The molecule has 1 aromatic heterocycles. The van der Waals surface area contributed by atoms with Crippen LogP contribution in [0, 0.1) is 5.82 Å². The minimum atomic E-state index is -0.709. The average molecular weight is 488 g/mol. The molecule has 0 radical (unpaired) electrons. The Kier molecular flexibility index (Phi) is 4.82. The molecule has 3 heterocycles. The molecule has 0 aliphatic carbocycles. The number of rotatable bonds is 2. The van der Waals surface area contributed by atoms with Gasteiger partial charge >= 0.3 is 5.97 Å². The number of esters is 1. The number of aromatic nitrogens is 1. The van der Waals surface area contributed by atoms with Crippen molar-refractivity contribution >= 4 is 40.3 Å². The Morgan fingerprint density at radius 3 is 2.66 bits per heavy atom. The predicted molar refractivity (Wildman–Crippen MR) is 127 cm³/mol. The number of fused-ring (bicyclic) bond motifs is 4. The van der Waals surface area contributed by atoms with Crippen molar-refractivity contribution in [2.75, 3.05) is 0 Å². The minimum Gasteiger partial charge on any atom is -0.452 e. The summed E-state index contributed by atoms with van der Waals surface area (Å²) in [6, 6.07) is 16.2. The van der Waals surface area contributed by atoms with Gasteiger partial charge in [-0.2, -0.15) is 0 Å². The molecule has 6 rings (SSSR count). The molecular weight excluding hydrogens is 473 g/mol. The Bertz CT molecular complexity index is 1650. The van der Waals surface area contributed by atoms with Crippen molar-refractivity contribution in [3.05, 3.63) is 110 Å². The lowest BCUT2D eigenvalue weighted by atomic mass is 9.85. The van der Waals surface area contributed by atoms with Crippen LogP contribution in [-0.4, -0.2) is 16.7 Å². The Morgan fingerprint density at radius 2 is 1.83 bits per heavy atom. The summed E-state index contributed by atoms with van der Waals surface area (Å²) in [5.41, 5.74) is 1.32. The maximum absolute atomic E-state index is 14.3. The van der Waals surface area contributed by atoms with E-state index in [0.29, 0.717) is 16.6 Å². The number of para-hydroxylation sites is 1. The van der Waals surface area contributed by atoms with Gasteiger partial charge in [0.25, 0.3) is 5.56 Å². The monoisotopic (exact) mass is 487 g/mol. The molecular formula is C27H15ClFNO5. The first kappa shape index (κ1) is 21.3. The second-order valence-electron chi connectivity index (χ2n) is 8.30. The molecule has 35 heavy (non-hydrogen) atoms. The van der Waals surface area contributed by atoms with Crippen LogP contribution in [-0.2, 0) is 4.79 Å². The van der Waals surface area contributed by atoms with Crippen molar-refractivity contribution in [3.8, 4) is 11.5 Å². The molecule has 3 aromatic carbocycles. The van der Waals surface area contributed by atoms with Crippen molar-refractivity contribution < 1.29 is 23.5 Å². The van der Waals surface area contributed by atoms with Gasteiger partial charge in [0.2, 0.25) is 5.78 Å². The van der Waals surface area contributed by atoms with Gasteiger partial charge in [-0.25, -0.2) is 4.39 Å².